The maximum Gasteiger partial charge on any atom is 0.328 e. The Bertz CT molecular complexity index is 967. The van der Waals surface area contributed by atoms with Gasteiger partial charge in [-0.25, -0.2) is 4.79 Å². The van der Waals surface area contributed by atoms with E-state index in [2.05, 4.69) is 15.4 Å². The van der Waals surface area contributed by atoms with E-state index in [4.69, 9.17) is 16.3 Å². The highest BCUT2D eigenvalue weighted by Crippen LogP contribution is 2.34. The van der Waals surface area contributed by atoms with Crippen LogP contribution in [0, 0.1) is 0 Å². The number of anilines is 1. The van der Waals surface area contributed by atoms with Crippen LogP contribution in [0.5, 0.6) is 0 Å². The molecule has 0 saturated carbocycles. The van der Waals surface area contributed by atoms with Gasteiger partial charge in [0.2, 0.25) is 0 Å². The minimum absolute atomic E-state index is 0. The zero-order chi connectivity index (χ0) is 16.8. The zero-order valence-electron chi connectivity index (χ0n) is 13.6. The molecule has 0 spiro atoms. The van der Waals surface area contributed by atoms with Crippen molar-refractivity contribution in [2.75, 3.05) is 12.4 Å². The molecule has 0 aliphatic carbocycles. The van der Waals surface area contributed by atoms with Crippen LogP contribution in [0.1, 0.15) is 5.69 Å². The number of hydrogen-bond donors (Lipinski definition) is 2. The van der Waals surface area contributed by atoms with Crippen molar-refractivity contribution in [2.24, 2.45) is 0 Å². The van der Waals surface area contributed by atoms with Crippen LogP contribution >= 0.6 is 24.0 Å². The lowest BCUT2D eigenvalue weighted by atomic mass is 10.1. The fourth-order valence-electron chi connectivity index (χ4n) is 2.89. The van der Waals surface area contributed by atoms with Crippen LogP contribution in [-0.4, -0.2) is 39.4 Å². The molecule has 0 aromatic heterocycles. The van der Waals surface area contributed by atoms with E-state index in [1.807, 2.05) is 0 Å². The van der Waals surface area contributed by atoms with Crippen molar-refractivity contribution in [1.29, 1.82) is 0 Å². The summed E-state index contributed by atoms with van der Waals surface area (Å²) in [4.78, 5) is 27.4. The highest BCUT2D eigenvalue weighted by Gasteiger charge is 2.33. The van der Waals surface area contributed by atoms with Gasteiger partial charge in [0.1, 0.15) is 11.7 Å². The Morgan fingerprint density at radius 1 is 1.35 bits per heavy atom. The molecule has 4 N–H and O–H groups in total. The van der Waals surface area contributed by atoms with Gasteiger partial charge in [-0.3, -0.25) is 4.79 Å². The molecule has 0 amide bonds. The van der Waals surface area contributed by atoms with E-state index in [1.54, 1.807) is 30.5 Å². The van der Waals surface area contributed by atoms with Crippen molar-refractivity contribution in [2.45, 2.75) is 12.5 Å². The summed E-state index contributed by atoms with van der Waals surface area (Å²) in [7, 11) is 1.34. The van der Waals surface area contributed by atoms with Gasteiger partial charge in [-0.05, 0) is 24.3 Å². The summed E-state index contributed by atoms with van der Waals surface area (Å²) >= 11 is 5.89. The van der Waals surface area contributed by atoms with Crippen LogP contribution in [0.4, 0.5) is 5.69 Å². The van der Waals surface area contributed by atoms with Crippen LogP contribution in [0.15, 0.2) is 35.3 Å². The number of halogens is 2. The summed E-state index contributed by atoms with van der Waals surface area (Å²) in [5, 5.41) is 8.10. The second kappa shape index (κ2) is 7.36. The highest BCUT2D eigenvalue weighted by molar-refractivity contribution is 6.30. The highest BCUT2D eigenvalue weighted by atomic mass is 35.5. The lowest BCUT2D eigenvalue weighted by Crippen LogP contribution is -2.28. The van der Waals surface area contributed by atoms with Gasteiger partial charge in [0.25, 0.3) is 5.56 Å². The zero-order valence-corrected chi connectivity index (χ0v) is 15.1. The summed E-state index contributed by atoms with van der Waals surface area (Å²) in [5.74, 6) is -0.354. The van der Waals surface area contributed by atoms with E-state index < -0.39 is 6.04 Å². The Labute approximate surface area is 159 Å². The maximum atomic E-state index is 12.6. The van der Waals surface area contributed by atoms with Gasteiger partial charge in [0, 0.05) is 23.3 Å². The van der Waals surface area contributed by atoms with E-state index in [0.29, 0.717) is 34.1 Å². The summed E-state index contributed by atoms with van der Waals surface area (Å²) < 4.78 is 6.09. The van der Waals surface area contributed by atoms with Crippen LogP contribution in [0.2, 0.25) is 5.02 Å². The molecule has 138 valence electrons. The molecule has 0 fully saturated rings. The molecule has 1 unspecified atom stereocenters. The Kier molecular flexibility index (Phi) is 5.60. The first-order valence-electron chi connectivity index (χ1n) is 7.32. The molecule has 1 atom stereocenters. The number of carbonyl (C=O) groups is 1. The summed E-state index contributed by atoms with van der Waals surface area (Å²) in [6.07, 6.45) is 2.08. The fourth-order valence-corrected chi connectivity index (χ4v) is 3.02. The molecule has 0 bridgehead atoms. The maximum absolute atomic E-state index is 12.6. The van der Waals surface area contributed by atoms with E-state index >= 15 is 0 Å². The smallest absolute Gasteiger partial charge is 0.328 e. The first-order valence-corrected chi connectivity index (χ1v) is 7.70. The number of pyridine rings is 1. The number of esters is 1. The van der Waals surface area contributed by atoms with Gasteiger partial charge in [0.05, 0.1) is 24.0 Å². The number of nitrogens with zero attached hydrogens (tertiary/aromatic N) is 2. The van der Waals surface area contributed by atoms with Crippen LogP contribution in [0.25, 0.3) is 16.9 Å². The van der Waals surface area contributed by atoms with Crippen molar-refractivity contribution in [3.05, 3.63) is 51.5 Å². The van der Waals surface area contributed by atoms with E-state index in [0.717, 1.165) is 5.69 Å². The van der Waals surface area contributed by atoms with Gasteiger partial charge in [-0.2, -0.15) is 9.78 Å². The molecule has 1 aromatic rings. The molecule has 0 saturated heterocycles. The van der Waals surface area contributed by atoms with Crippen molar-refractivity contribution in [1.82, 2.24) is 14.8 Å². The molecule has 3 heterocycles. The number of nitrogens with one attached hydrogen (secondary N) is 2. The molecule has 26 heavy (non-hydrogen) atoms. The molecule has 0 radical (unpaired) electrons. The quantitative estimate of drug-likeness (QED) is 0.632. The lowest BCUT2D eigenvalue weighted by molar-refractivity contribution is -0.141. The second-order valence-electron chi connectivity index (χ2n) is 5.52. The van der Waals surface area contributed by atoms with Gasteiger partial charge in [-0.15, -0.1) is 12.4 Å². The molecule has 10 heteroatoms. The molecular weight excluding hydrogens is 383 g/mol. The summed E-state index contributed by atoms with van der Waals surface area (Å²) in [6.45, 7) is 0. The van der Waals surface area contributed by atoms with E-state index in [9.17, 15) is 9.59 Å². The largest absolute Gasteiger partial charge is 0.467 e. The number of H-pyrrole nitrogens is 1. The minimum atomic E-state index is -0.484. The topological polar surface area (TPSA) is 121 Å². The number of carbonyl (C=O) groups excluding carboxylic acids is 1. The standard InChI is InChI=1S/C16H13ClN4O3.ClH.H2O/c1-24-16(23)12-6-11-14(19-12)13-10(7-18-11)15(22)21(20-13)9-4-2-8(17)3-5-9;;/h2-5,7,12,18-19H,6H2,1H3;1H;1H2. The third-order valence-electron chi connectivity index (χ3n) is 4.09. The van der Waals surface area contributed by atoms with Crippen molar-refractivity contribution >= 4 is 35.7 Å². The van der Waals surface area contributed by atoms with Gasteiger partial charge in [-0.1, -0.05) is 11.6 Å². The Balaban J connectivity index is 0.00000121. The molecule has 8 nitrogen and oxygen atoms in total. The van der Waals surface area contributed by atoms with Crippen LogP contribution < -0.4 is 10.9 Å². The Hall–Kier alpha value is -2.55. The number of fused-ring (bicyclic) bond motifs is 3. The number of methoxy groups -OCH3 is 1. The molecule has 4 rings (SSSR count). The average molecular weight is 399 g/mol. The third kappa shape index (κ3) is 3.03. The number of aromatic amines is 1. The molecule has 3 aliphatic rings. The predicted octanol–water partition coefficient (Wildman–Crippen LogP) is 1.43. The van der Waals surface area contributed by atoms with Crippen molar-refractivity contribution < 1.29 is 15.0 Å². The second-order valence-corrected chi connectivity index (χ2v) is 5.96. The monoisotopic (exact) mass is 398 g/mol. The van der Waals surface area contributed by atoms with Gasteiger partial charge >= 0.3 is 5.97 Å². The van der Waals surface area contributed by atoms with Crippen molar-refractivity contribution in [3.8, 4) is 16.9 Å². The van der Waals surface area contributed by atoms with E-state index in [-0.39, 0.29) is 29.4 Å². The first-order chi connectivity index (χ1) is 11.6. The van der Waals surface area contributed by atoms with Crippen LogP contribution in [0.3, 0.4) is 0 Å². The number of aromatic nitrogens is 3. The minimum Gasteiger partial charge on any atom is -0.467 e. The third-order valence-corrected chi connectivity index (χ3v) is 4.34. The van der Waals surface area contributed by atoms with Gasteiger partial charge < -0.3 is 20.5 Å². The Morgan fingerprint density at radius 3 is 2.69 bits per heavy atom. The van der Waals surface area contributed by atoms with Gasteiger partial charge in [0.15, 0.2) is 0 Å². The Morgan fingerprint density at radius 2 is 2.04 bits per heavy atom. The number of benzene rings is 1. The molecular formula is C16H16Cl2N4O4. The normalized spacial score (nSPS) is 14.8. The SMILES string of the molecule is COC(=O)C1Cc2[nH]cc3c(=O)n(-c4ccc(Cl)cc4)nc-3c2N1.Cl.O. The van der Waals surface area contributed by atoms with E-state index in [1.165, 1.54) is 11.8 Å². The van der Waals surface area contributed by atoms with Crippen LogP contribution in [-0.2, 0) is 16.0 Å². The average Bonchev–Trinajstić information content (AvgIpc) is 3.16. The van der Waals surface area contributed by atoms with Crippen molar-refractivity contribution in [3.63, 3.8) is 0 Å². The summed E-state index contributed by atoms with van der Waals surface area (Å²) in [5.41, 5.74) is 2.83. The predicted molar refractivity (Wildman–Crippen MR) is 99.8 cm³/mol. The fraction of sp³-hybridized carbons (Fsp3) is 0.188. The number of ether oxygens (including phenoxy) is 1. The molecule has 3 aliphatic heterocycles. The molecule has 1 aromatic carbocycles. The lowest BCUT2D eigenvalue weighted by Gasteiger charge is -2.08. The number of hydrogen-bond acceptors (Lipinski definition) is 5. The summed E-state index contributed by atoms with van der Waals surface area (Å²) in [6, 6.07) is 6.37. The first kappa shape index (κ1) is 19.8. The number of rotatable bonds is 2.